The van der Waals surface area contributed by atoms with Crippen LogP contribution in [0.5, 0.6) is 0 Å². The number of benzene rings is 1. The van der Waals surface area contributed by atoms with Crippen LogP contribution in [0.15, 0.2) is 30.4 Å². The van der Waals surface area contributed by atoms with E-state index in [1.165, 1.54) is 13.0 Å². The summed E-state index contributed by atoms with van der Waals surface area (Å²) in [6.07, 6.45) is 0.0488. The molecule has 18 heavy (non-hydrogen) atoms. The molecule has 0 saturated carbocycles. The molecule has 0 aliphatic carbocycles. The summed E-state index contributed by atoms with van der Waals surface area (Å²) in [5.74, 6) is -1.22. The Bertz CT molecular complexity index is 489. The number of aryl methyl sites for hydroxylation is 1. The second-order valence-corrected chi connectivity index (χ2v) is 4.60. The second kappa shape index (κ2) is 5.71. The molecule has 0 fully saturated rings. The zero-order valence-electron chi connectivity index (χ0n) is 10.9. The van der Waals surface area contributed by atoms with Crippen molar-refractivity contribution in [1.82, 2.24) is 0 Å². The minimum atomic E-state index is -0.484. The van der Waals surface area contributed by atoms with Crippen molar-refractivity contribution in [3.63, 3.8) is 0 Å². The minimum Gasteiger partial charge on any atom is -0.299 e. The first-order chi connectivity index (χ1) is 8.32. The van der Waals surface area contributed by atoms with Crippen LogP contribution in [-0.4, -0.2) is 11.6 Å². The fraction of sp³-hybridized carbons (Fsp3) is 0.333. The number of carbonyl (C=O) groups excluding carboxylic acids is 2. The van der Waals surface area contributed by atoms with Gasteiger partial charge in [-0.25, -0.2) is 4.39 Å². The number of rotatable bonds is 5. The highest BCUT2D eigenvalue weighted by atomic mass is 19.1. The lowest BCUT2D eigenvalue weighted by atomic mass is 9.90. The van der Waals surface area contributed by atoms with Gasteiger partial charge in [0, 0.05) is 17.9 Å². The molecule has 1 aromatic rings. The molecule has 1 unspecified atom stereocenters. The molecular formula is C15H17FO2. The molecule has 96 valence electrons. The normalized spacial score (nSPS) is 12.0. The van der Waals surface area contributed by atoms with Gasteiger partial charge in [-0.05, 0) is 32.4 Å². The summed E-state index contributed by atoms with van der Waals surface area (Å²) < 4.78 is 13.4. The van der Waals surface area contributed by atoms with E-state index in [1.54, 1.807) is 26.0 Å². The van der Waals surface area contributed by atoms with Crippen LogP contribution in [0.2, 0.25) is 0 Å². The molecule has 1 atom stereocenters. The molecule has 1 rings (SSSR count). The summed E-state index contributed by atoms with van der Waals surface area (Å²) in [4.78, 5) is 23.4. The fourth-order valence-electron chi connectivity index (χ4n) is 1.73. The molecule has 3 heteroatoms. The van der Waals surface area contributed by atoms with Crippen LogP contribution in [0.3, 0.4) is 0 Å². The van der Waals surface area contributed by atoms with E-state index in [0.29, 0.717) is 16.7 Å². The lowest BCUT2D eigenvalue weighted by Crippen LogP contribution is -2.17. The average molecular weight is 248 g/mol. The summed E-state index contributed by atoms with van der Waals surface area (Å²) in [6, 6.07) is 4.36. The van der Waals surface area contributed by atoms with E-state index in [2.05, 4.69) is 6.58 Å². The van der Waals surface area contributed by atoms with Crippen molar-refractivity contribution in [3.05, 3.63) is 47.3 Å². The van der Waals surface area contributed by atoms with Gasteiger partial charge in [0.25, 0.3) is 0 Å². The van der Waals surface area contributed by atoms with Crippen LogP contribution >= 0.6 is 0 Å². The van der Waals surface area contributed by atoms with E-state index in [-0.39, 0.29) is 18.0 Å². The predicted molar refractivity (Wildman–Crippen MR) is 69.1 cm³/mol. The number of allylic oxidation sites excluding steroid dienone is 1. The van der Waals surface area contributed by atoms with Crippen molar-refractivity contribution in [1.29, 1.82) is 0 Å². The summed E-state index contributed by atoms with van der Waals surface area (Å²) in [7, 11) is 0. The Morgan fingerprint density at radius 2 is 1.94 bits per heavy atom. The van der Waals surface area contributed by atoms with Crippen LogP contribution in [0.1, 0.15) is 36.2 Å². The lowest BCUT2D eigenvalue weighted by molar-refractivity contribution is -0.119. The molecule has 0 saturated heterocycles. The Labute approximate surface area is 107 Å². The molecule has 0 N–H and O–H groups in total. The largest absolute Gasteiger partial charge is 0.299 e. The third-order valence-corrected chi connectivity index (χ3v) is 2.97. The van der Waals surface area contributed by atoms with Gasteiger partial charge in [0.05, 0.1) is 0 Å². The third kappa shape index (κ3) is 3.36. The van der Waals surface area contributed by atoms with Crippen molar-refractivity contribution >= 4 is 11.6 Å². The van der Waals surface area contributed by atoms with Gasteiger partial charge < -0.3 is 0 Å². The quantitative estimate of drug-likeness (QED) is 0.590. The SMILES string of the molecule is C=C(C)C(CC(=O)c1ccc(C)c(F)c1)C(C)=O. The van der Waals surface area contributed by atoms with Gasteiger partial charge in [-0.3, -0.25) is 9.59 Å². The smallest absolute Gasteiger partial charge is 0.164 e. The van der Waals surface area contributed by atoms with Crippen LogP contribution in [0, 0.1) is 18.7 Å². The van der Waals surface area contributed by atoms with E-state index >= 15 is 0 Å². The summed E-state index contributed by atoms with van der Waals surface area (Å²) >= 11 is 0. The Kier molecular flexibility index (Phi) is 4.54. The van der Waals surface area contributed by atoms with Crippen molar-refractivity contribution in [2.45, 2.75) is 27.2 Å². The summed E-state index contributed by atoms with van der Waals surface area (Å²) in [6.45, 7) is 8.49. The minimum absolute atomic E-state index is 0.0488. The molecule has 0 aliphatic rings. The van der Waals surface area contributed by atoms with Crippen molar-refractivity contribution in [2.75, 3.05) is 0 Å². The van der Waals surface area contributed by atoms with E-state index in [9.17, 15) is 14.0 Å². The molecule has 2 nitrogen and oxygen atoms in total. The summed E-state index contributed by atoms with van der Waals surface area (Å²) in [5, 5.41) is 0. The molecule has 0 heterocycles. The zero-order valence-corrected chi connectivity index (χ0v) is 10.9. The van der Waals surface area contributed by atoms with E-state index in [4.69, 9.17) is 0 Å². The fourth-order valence-corrected chi connectivity index (χ4v) is 1.73. The van der Waals surface area contributed by atoms with Crippen molar-refractivity contribution in [3.8, 4) is 0 Å². The standard InChI is InChI=1S/C15H17FO2/c1-9(2)13(11(4)17)8-15(18)12-6-5-10(3)14(16)7-12/h5-7,13H,1,8H2,2-4H3. The molecule has 1 aromatic carbocycles. The number of carbonyl (C=O) groups is 2. The first-order valence-electron chi connectivity index (χ1n) is 5.78. The molecule has 0 radical (unpaired) electrons. The Balaban J connectivity index is 2.90. The van der Waals surface area contributed by atoms with Gasteiger partial charge in [-0.2, -0.15) is 0 Å². The van der Waals surface area contributed by atoms with Gasteiger partial charge in [-0.15, -0.1) is 0 Å². The van der Waals surface area contributed by atoms with E-state index in [1.807, 2.05) is 0 Å². The van der Waals surface area contributed by atoms with Crippen LogP contribution < -0.4 is 0 Å². The van der Waals surface area contributed by atoms with Crippen molar-refractivity contribution in [2.24, 2.45) is 5.92 Å². The molecule has 0 amide bonds. The lowest BCUT2D eigenvalue weighted by Gasteiger charge is -2.12. The molecule has 0 aromatic heterocycles. The maximum absolute atomic E-state index is 13.4. The van der Waals surface area contributed by atoms with Crippen LogP contribution in [-0.2, 0) is 4.79 Å². The Hall–Kier alpha value is -1.77. The highest BCUT2D eigenvalue weighted by Crippen LogP contribution is 2.19. The maximum atomic E-state index is 13.4. The molecular weight excluding hydrogens is 231 g/mol. The average Bonchev–Trinajstić information content (AvgIpc) is 2.28. The van der Waals surface area contributed by atoms with Gasteiger partial charge in [-0.1, -0.05) is 24.3 Å². The Morgan fingerprint density at radius 1 is 1.33 bits per heavy atom. The molecule has 0 spiro atoms. The first-order valence-corrected chi connectivity index (χ1v) is 5.78. The van der Waals surface area contributed by atoms with Gasteiger partial charge in [0.1, 0.15) is 11.6 Å². The number of Topliss-reactive ketones (excluding diaryl/α,β-unsaturated/α-hetero) is 2. The molecule has 0 aliphatic heterocycles. The van der Waals surface area contributed by atoms with Gasteiger partial charge >= 0.3 is 0 Å². The van der Waals surface area contributed by atoms with Gasteiger partial charge in [0.2, 0.25) is 0 Å². The van der Waals surface area contributed by atoms with Crippen molar-refractivity contribution < 1.29 is 14.0 Å². The number of halogens is 1. The summed E-state index contributed by atoms with van der Waals surface area (Å²) in [5.41, 5.74) is 1.45. The van der Waals surface area contributed by atoms with Gasteiger partial charge in [0.15, 0.2) is 5.78 Å². The first kappa shape index (κ1) is 14.3. The second-order valence-electron chi connectivity index (χ2n) is 4.60. The predicted octanol–water partition coefficient (Wildman–Crippen LogP) is 3.49. The monoisotopic (exact) mass is 248 g/mol. The highest BCUT2D eigenvalue weighted by molar-refractivity contribution is 5.99. The number of hydrogen-bond donors (Lipinski definition) is 0. The van der Waals surface area contributed by atoms with Crippen LogP contribution in [0.25, 0.3) is 0 Å². The number of ketones is 2. The van der Waals surface area contributed by atoms with Crippen LogP contribution in [0.4, 0.5) is 4.39 Å². The van der Waals surface area contributed by atoms with E-state index in [0.717, 1.165) is 0 Å². The number of hydrogen-bond acceptors (Lipinski definition) is 2. The topological polar surface area (TPSA) is 34.1 Å². The highest BCUT2D eigenvalue weighted by Gasteiger charge is 2.20. The van der Waals surface area contributed by atoms with E-state index < -0.39 is 11.7 Å². The Morgan fingerprint density at radius 3 is 2.39 bits per heavy atom. The molecule has 0 bridgehead atoms. The zero-order chi connectivity index (χ0) is 13.9. The third-order valence-electron chi connectivity index (χ3n) is 2.97. The maximum Gasteiger partial charge on any atom is 0.164 e.